The number of nitro groups is 1. The van der Waals surface area contributed by atoms with Crippen molar-refractivity contribution in [3.05, 3.63) is 21.5 Å². The molecule has 6 nitrogen and oxygen atoms in total. The van der Waals surface area contributed by atoms with E-state index in [2.05, 4.69) is 10.4 Å². The average Bonchev–Trinajstić information content (AvgIpc) is 2.64. The summed E-state index contributed by atoms with van der Waals surface area (Å²) in [6.07, 6.45) is 1.50. The van der Waals surface area contributed by atoms with Crippen LogP contribution in [0.1, 0.15) is 44.5 Å². The summed E-state index contributed by atoms with van der Waals surface area (Å²) in [5, 5.41) is 18.7. The molecule has 0 aliphatic heterocycles. The molecule has 0 aliphatic rings. The van der Waals surface area contributed by atoms with Gasteiger partial charge in [0, 0.05) is 19.0 Å². The molecule has 0 fully saturated rings. The van der Waals surface area contributed by atoms with Crippen LogP contribution in [0.2, 0.25) is 0 Å². The van der Waals surface area contributed by atoms with E-state index in [-0.39, 0.29) is 22.6 Å². The minimum Gasteiger partial charge on any atom is -0.317 e. The lowest BCUT2D eigenvalue weighted by Gasteiger charge is -2.18. The Morgan fingerprint density at radius 1 is 1.50 bits per heavy atom. The van der Waals surface area contributed by atoms with Gasteiger partial charge in [-0.1, -0.05) is 20.3 Å². The predicted molar refractivity (Wildman–Crippen MR) is 70.8 cm³/mol. The van der Waals surface area contributed by atoms with Crippen molar-refractivity contribution in [2.24, 2.45) is 7.05 Å². The van der Waals surface area contributed by atoms with Crippen LogP contribution in [0.25, 0.3) is 0 Å². The maximum atomic E-state index is 11.3. The standard InChI is InChI=1S/C12H22N4O2/c1-6-7-10-12(16(17)18)11(15(5)14-10)8(2)9(3)13-4/h8-9,13H,6-7H2,1-5H3. The van der Waals surface area contributed by atoms with E-state index in [1.54, 1.807) is 11.7 Å². The third-order valence-corrected chi connectivity index (χ3v) is 3.44. The molecule has 6 heteroatoms. The molecule has 2 atom stereocenters. The van der Waals surface area contributed by atoms with Crippen LogP contribution in [0.5, 0.6) is 0 Å². The lowest BCUT2D eigenvalue weighted by Crippen LogP contribution is -2.28. The molecular formula is C12H22N4O2. The molecule has 1 aromatic heterocycles. The van der Waals surface area contributed by atoms with Crippen LogP contribution >= 0.6 is 0 Å². The lowest BCUT2D eigenvalue weighted by molar-refractivity contribution is -0.386. The number of likely N-dealkylation sites (N-methyl/N-ethyl adjacent to an activating group) is 1. The highest BCUT2D eigenvalue weighted by molar-refractivity contribution is 5.43. The first kappa shape index (κ1) is 14.6. The second-order valence-corrected chi connectivity index (χ2v) is 4.68. The monoisotopic (exact) mass is 254 g/mol. The van der Waals surface area contributed by atoms with Crippen LogP contribution in [0.15, 0.2) is 0 Å². The van der Waals surface area contributed by atoms with Crippen LogP contribution in [-0.4, -0.2) is 27.8 Å². The number of aromatic nitrogens is 2. The molecule has 0 aromatic carbocycles. The Kier molecular flexibility index (Phi) is 4.84. The molecule has 102 valence electrons. The summed E-state index contributed by atoms with van der Waals surface area (Å²) in [4.78, 5) is 11.0. The van der Waals surface area contributed by atoms with Crippen LogP contribution in [0.3, 0.4) is 0 Å². The maximum absolute atomic E-state index is 11.3. The first-order valence-electron chi connectivity index (χ1n) is 6.31. The second-order valence-electron chi connectivity index (χ2n) is 4.68. The zero-order valence-electron chi connectivity index (χ0n) is 11.7. The first-order chi connectivity index (χ1) is 8.43. The van der Waals surface area contributed by atoms with Gasteiger partial charge in [-0.15, -0.1) is 0 Å². The van der Waals surface area contributed by atoms with Crippen LogP contribution in [0.4, 0.5) is 5.69 Å². The Morgan fingerprint density at radius 3 is 2.56 bits per heavy atom. The van der Waals surface area contributed by atoms with Gasteiger partial charge in [0.25, 0.3) is 0 Å². The minimum absolute atomic E-state index is 0.0403. The Bertz CT molecular complexity index is 428. The highest BCUT2D eigenvalue weighted by Crippen LogP contribution is 2.31. The maximum Gasteiger partial charge on any atom is 0.313 e. The van der Waals surface area contributed by atoms with Gasteiger partial charge in [0.1, 0.15) is 11.4 Å². The molecular weight excluding hydrogens is 232 g/mol. The number of nitrogens with one attached hydrogen (secondary N) is 1. The van der Waals surface area contributed by atoms with Crippen molar-refractivity contribution in [1.29, 1.82) is 0 Å². The van der Waals surface area contributed by atoms with Crippen molar-refractivity contribution >= 4 is 5.69 Å². The molecule has 0 amide bonds. The van der Waals surface area contributed by atoms with Crippen molar-refractivity contribution in [3.63, 3.8) is 0 Å². The predicted octanol–water partition coefficient (Wildman–Crippen LogP) is 1.99. The van der Waals surface area contributed by atoms with Gasteiger partial charge in [-0.3, -0.25) is 14.8 Å². The fraction of sp³-hybridized carbons (Fsp3) is 0.750. The number of nitrogens with zero attached hydrogens (tertiary/aromatic N) is 3. The number of rotatable bonds is 6. The van der Waals surface area contributed by atoms with Gasteiger partial charge >= 0.3 is 5.69 Å². The minimum atomic E-state index is -0.299. The quantitative estimate of drug-likeness (QED) is 0.622. The second kappa shape index (κ2) is 5.95. The zero-order valence-corrected chi connectivity index (χ0v) is 11.7. The molecule has 0 saturated carbocycles. The number of hydrogen-bond donors (Lipinski definition) is 1. The van der Waals surface area contributed by atoms with E-state index in [9.17, 15) is 10.1 Å². The fourth-order valence-electron chi connectivity index (χ4n) is 2.18. The van der Waals surface area contributed by atoms with Gasteiger partial charge < -0.3 is 5.32 Å². The van der Waals surface area contributed by atoms with E-state index in [0.29, 0.717) is 17.8 Å². The highest BCUT2D eigenvalue weighted by atomic mass is 16.6. The molecule has 0 bridgehead atoms. The van der Waals surface area contributed by atoms with Crippen molar-refractivity contribution < 1.29 is 4.92 Å². The van der Waals surface area contributed by atoms with E-state index in [0.717, 1.165) is 6.42 Å². The highest BCUT2D eigenvalue weighted by Gasteiger charge is 2.31. The van der Waals surface area contributed by atoms with Gasteiger partial charge in [-0.25, -0.2) is 0 Å². The third kappa shape index (κ3) is 2.69. The Balaban J connectivity index is 3.29. The van der Waals surface area contributed by atoms with Crippen molar-refractivity contribution in [3.8, 4) is 0 Å². The summed E-state index contributed by atoms with van der Waals surface area (Å²) in [6, 6.07) is 0.161. The van der Waals surface area contributed by atoms with E-state index in [1.807, 2.05) is 27.8 Å². The number of aryl methyl sites for hydroxylation is 2. The summed E-state index contributed by atoms with van der Waals surface area (Å²) in [5.41, 5.74) is 1.48. The Morgan fingerprint density at radius 2 is 2.11 bits per heavy atom. The van der Waals surface area contributed by atoms with Crippen molar-refractivity contribution in [1.82, 2.24) is 15.1 Å². The normalized spacial score (nSPS) is 14.5. The Hall–Kier alpha value is -1.43. The molecule has 18 heavy (non-hydrogen) atoms. The van der Waals surface area contributed by atoms with Crippen LogP contribution in [0, 0.1) is 10.1 Å². The molecule has 1 aromatic rings. The molecule has 1 heterocycles. The molecule has 0 radical (unpaired) electrons. The fourth-order valence-corrected chi connectivity index (χ4v) is 2.18. The van der Waals surface area contributed by atoms with Gasteiger partial charge in [-0.2, -0.15) is 5.10 Å². The SMILES string of the molecule is CCCc1nn(C)c(C(C)C(C)NC)c1[N+](=O)[O-]. The lowest BCUT2D eigenvalue weighted by atomic mass is 9.97. The van der Waals surface area contributed by atoms with Gasteiger partial charge in [-0.05, 0) is 20.4 Å². The summed E-state index contributed by atoms with van der Waals surface area (Å²) < 4.78 is 1.65. The topological polar surface area (TPSA) is 73.0 Å². The van der Waals surface area contributed by atoms with Crippen LogP contribution in [-0.2, 0) is 13.5 Å². The zero-order chi connectivity index (χ0) is 13.9. The summed E-state index contributed by atoms with van der Waals surface area (Å²) in [7, 11) is 3.64. The number of hydrogen-bond acceptors (Lipinski definition) is 4. The molecule has 0 saturated heterocycles. The first-order valence-corrected chi connectivity index (χ1v) is 6.31. The van der Waals surface area contributed by atoms with Crippen LogP contribution < -0.4 is 5.32 Å². The molecule has 0 aliphatic carbocycles. The van der Waals surface area contributed by atoms with Gasteiger partial charge in [0.15, 0.2) is 0 Å². The largest absolute Gasteiger partial charge is 0.317 e. The molecule has 1 rings (SSSR count). The third-order valence-electron chi connectivity index (χ3n) is 3.44. The molecule has 2 unspecified atom stereocenters. The van der Waals surface area contributed by atoms with E-state index in [4.69, 9.17) is 0 Å². The Labute approximate surface area is 108 Å². The van der Waals surface area contributed by atoms with Gasteiger partial charge in [0.2, 0.25) is 0 Å². The summed E-state index contributed by atoms with van der Waals surface area (Å²) in [5.74, 6) is 0.0403. The molecule has 0 spiro atoms. The van der Waals surface area contributed by atoms with Crippen molar-refractivity contribution in [2.75, 3.05) is 7.05 Å². The summed E-state index contributed by atoms with van der Waals surface area (Å²) in [6.45, 7) is 6.00. The molecule has 1 N–H and O–H groups in total. The average molecular weight is 254 g/mol. The smallest absolute Gasteiger partial charge is 0.313 e. The van der Waals surface area contributed by atoms with E-state index in [1.165, 1.54) is 0 Å². The summed E-state index contributed by atoms with van der Waals surface area (Å²) >= 11 is 0. The van der Waals surface area contributed by atoms with Gasteiger partial charge in [0.05, 0.1) is 4.92 Å². The van der Waals surface area contributed by atoms with E-state index < -0.39 is 0 Å². The van der Waals surface area contributed by atoms with E-state index >= 15 is 0 Å². The van der Waals surface area contributed by atoms with Crippen molar-refractivity contribution in [2.45, 2.75) is 45.6 Å².